The van der Waals surface area contributed by atoms with Crippen molar-refractivity contribution in [3.8, 4) is 0 Å². The molecule has 0 spiro atoms. The average molecular weight is 244 g/mol. The number of halogens is 2. The van der Waals surface area contributed by atoms with Crippen LogP contribution in [0.1, 0.15) is 17.5 Å². The average Bonchev–Trinajstić information content (AvgIpc) is 2.04. The molecule has 1 aromatic rings. The van der Waals surface area contributed by atoms with Gasteiger partial charge >= 0.3 is 0 Å². The van der Waals surface area contributed by atoms with Crippen molar-refractivity contribution in [3.05, 3.63) is 38.8 Å². The van der Waals surface area contributed by atoms with E-state index in [1.807, 2.05) is 12.1 Å². The van der Waals surface area contributed by atoms with Crippen LogP contribution in [-0.4, -0.2) is 0 Å². The lowest BCUT2D eigenvalue weighted by molar-refractivity contribution is 0.978. The Morgan fingerprint density at radius 1 is 1.33 bits per heavy atom. The molecule has 0 amide bonds. The molecule has 1 aromatic carbocycles. The Morgan fingerprint density at radius 3 is 3.00 bits per heavy atom. The summed E-state index contributed by atoms with van der Waals surface area (Å²) in [5.74, 6) is 0. The minimum absolute atomic E-state index is 0.798. The fourth-order valence-corrected chi connectivity index (χ4v) is 2.51. The van der Waals surface area contributed by atoms with Gasteiger partial charge in [0.15, 0.2) is 0 Å². The molecule has 2 rings (SSSR count). The molecule has 1 aliphatic carbocycles. The summed E-state index contributed by atoms with van der Waals surface area (Å²) in [6, 6.07) is 3.97. The molecule has 2 heteroatoms. The molecule has 0 heterocycles. The van der Waals surface area contributed by atoms with Crippen molar-refractivity contribution in [2.45, 2.75) is 12.8 Å². The Bertz CT molecular complexity index is 342. The van der Waals surface area contributed by atoms with E-state index in [9.17, 15) is 0 Å². The van der Waals surface area contributed by atoms with Crippen LogP contribution in [0, 0.1) is 0 Å². The van der Waals surface area contributed by atoms with Crippen molar-refractivity contribution in [2.24, 2.45) is 0 Å². The van der Waals surface area contributed by atoms with Crippen LogP contribution in [0.2, 0.25) is 5.02 Å². The van der Waals surface area contributed by atoms with Gasteiger partial charge in [0, 0.05) is 9.50 Å². The highest BCUT2D eigenvalue weighted by molar-refractivity contribution is 9.10. The number of hydrogen-bond acceptors (Lipinski definition) is 0. The van der Waals surface area contributed by atoms with Gasteiger partial charge in [-0.05, 0) is 36.1 Å². The third kappa shape index (κ3) is 1.44. The third-order valence-electron chi connectivity index (χ3n) is 2.05. The second-order valence-corrected chi connectivity index (χ2v) is 4.19. The Labute approximate surface area is 85.4 Å². The van der Waals surface area contributed by atoms with Gasteiger partial charge in [-0.25, -0.2) is 0 Å². The molecule has 1 aliphatic rings. The van der Waals surface area contributed by atoms with Gasteiger partial charge in [-0.2, -0.15) is 0 Å². The van der Waals surface area contributed by atoms with Crippen LogP contribution in [0.15, 0.2) is 22.7 Å². The van der Waals surface area contributed by atoms with E-state index in [1.165, 1.54) is 11.1 Å². The fourth-order valence-electron chi connectivity index (χ4n) is 1.47. The summed E-state index contributed by atoms with van der Waals surface area (Å²) < 4.78 is 1.13. The molecule has 0 nitrogen and oxygen atoms in total. The quantitative estimate of drug-likeness (QED) is 0.644. The molecule has 0 atom stereocenters. The van der Waals surface area contributed by atoms with Crippen LogP contribution in [0.4, 0.5) is 0 Å². The highest BCUT2D eigenvalue weighted by Gasteiger charge is 2.08. The highest BCUT2D eigenvalue weighted by Crippen LogP contribution is 2.30. The van der Waals surface area contributed by atoms with E-state index in [4.69, 9.17) is 11.6 Å². The molecule has 12 heavy (non-hydrogen) atoms. The Balaban J connectivity index is 2.62. The van der Waals surface area contributed by atoms with Gasteiger partial charge in [0.25, 0.3) is 0 Å². The Morgan fingerprint density at radius 2 is 2.17 bits per heavy atom. The van der Waals surface area contributed by atoms with Crippen LogP contribution in [0.3, 0.4) is 0 Å². The molecule has 0 N–H and O–H groups in total. The first-order valence-electron chi connectivity index (χ1n) is 3.92. The van der Waals surface area contributed by atoms with Crippen molar-refractivity contribution in [3.63, 3.8) is 0 Å². The van der Waals surface area contributed by atoms with E-state index < -0.39 is 0 Å². The van der Waals surface area contributed by atoms with Crippen molar-refractivity contribution in [2.75, 3.05) is 0 Å². The molecule has 0 aliphatic heterocycles. The minimum atomic E-state index is 0.798. The zero-order chi connectivity index (χ0) is 8.55. The lowest BCUT2D eigenvalue weighted by Crippen LogP contribution is -1.94. The maximum absolute atomic E-state index is 5.92. The molecule has 0 fully saturated rings. The predicted molar refractivity (Wildman–Crippen MR) is 56.5 cm³/mol. The zero-order valence-electron chi connectivity index (χ0n) is 6.48. The van der Waals surface area contributed by atoms with E-state index in [1.54, 1.807) is 0 Å². The molecule has 0 saturated heterocycles. The molecule has 0 unspecified atom stereocenters. The predicted octanol–water partition coefficient (Wildman–Crippen LogP) is 4.06. The fraction of sp³-hybridized carbons (Fsp3) is 0.200. The largest absolute Gasteiger partial charge is 0.0843 e. The van der Waals surface area contributed by atoms with Crippen LogP contribution < -0.4 is 0 Å². The van der Waals surface area contributed by atoms with Crippen LogP contribution >= 0.6 is 27.5 Å². The second-order valence-electron chi connectivity index (χ2n) is 2.90. The van der Waals surface area contributed by atoms with Gasteiger partial charge in [-0.1, -0.05) is 39.7 Å². The number of fused-ring (bicyclic) bond motifs is 1. The molecule has 62 valence electrons. The lowest BCUT2D eigenvalue weighted by atomic mass is 9.98. The van der Waals surface area contributed by atoms with Crippen molar-refractivity contribution in [1.82, 2.24) is 0 Å². The van der Waals surface area contributed by atoms with Gasteiger partial charge in [0.05, 0.1) is 0 Å². The summed E-state index contributed by atoms with van der Waals surface area (Å²) in [5.41, 5.74) is 2.63. The van der Waals surface area contributed by atoms with Gasteiger partial charge in [-0.3, -0.25) is 0 Å². The number of allylic oxidation sites excluding steroid dienone is 1. The molecule has 0 bridgehead atoms. The zero-order valence-corrected chi connectivity index (χ0v) is 8.82. The third-order valence-corrected chi connectivity index (χ3v) is 2.98. The number of hydrogen-bond donors (Lipinski definition) is 0. The summed E-state index contributed by atoms with van der Waals surface area (Å²) in [7, 11) is 0. The summed E-state index contributed by atoms with van der Waals surface area (Å²) in [6.07, 6.45) is 6.57. The first-order chi connectivity index (χ1) is 5.77. The van der Waals surface area contributed by atoms with Crippen LogP contribution in [-0.2, 0) is 6.42 Å². The maximum atomic E-state index is 5.92. The van der Waals surface area contributed by atoms with Gasteiger partial charge in [0.1, 0.15) is 0 Å². The van der Waals surface area contributed by atoms with Crippen molar-refractivity contribution in [1.29, 1.82) is 0 Å². The van der Waals surface area contributed by atoms with E-state index in [0.717, 1.165) is 22.3 Å². The summed E-state index contributed by atoms with van der Waals surface area (Å²) in [6.45, 7) is 0. The second kappa shape index (κ2) is 3.23. The van der Waals surface area contributed by atoms with Gasteiger partial charge in [-0.15, -0.1) is 0 Å². The first-order valence-corrected chi connectivity index (χ1v) is 5.09. The van der Waals surface area contributed by atoms with Gasteiger partial charge in [0.2, 0.25) is 0 Å². The van der Waals surface area contributed by atoms with Gasteiger partial charge < -0.3 is 0 Å². The Kier molecular flexibility index (Phi) is 2.24. The summed E-state index contributed by atoms with van der Waals surface area (Å²) >= 11 is 9.43. The van der Waals surface area contributed by atoms with E-state index in [-0.39, 0.29) is 0 Å². The molecular weight excluding hydrogens is 235 g/mol. The highest BCUT2D eigenvalue weighted by atomic mass is 79.9. The topological polar surface area (TPSA) is 0 Å². The minimum Gasteiger partial charge on any atom is -0.0843 e. The smallest absolute Gasteiger partial charge is 0.0423 e. The normalized spacial score (nSPS) is 14.5. The van der Waals surface area contributed by atoms with Crippen LogP contribution in [0.25, 0.3) is 6.08 Å². The summed E-state index contributed by atoms with van der Waals surface area (Å²) in [5, 5.41) is 0.798. The maximum Gasteiger partial charge on any atom is 0.0423 e. The lowest BCUT2D eigenvalue weighted by Gasteiger charge is -2.12. The van der Waals surface area contributed by atoms with E-state index in [2.05, 4.69) is 28.1 Å². The number of benzene rings is 1. The van der Waals surface area contributed by atoms with E-state index >= 15 is 0 Å². The van der Waals surface area contributed by atoms with Crippen LogP contribution in [0.5, 0.6) is 0 Å². The van der Waals surface area contributed by atoms with Crippen molar-refractivity contribution >= 4 is 33.6 Å². The van der Waals surface area contributed by atoms with Crippen molar-refractivity contribution < 1.29 is 0 Å². The molecule has 0 radical (unpaired) electrons. The van der Waals surface area contributed by atoms with E-state index in [0.29, 0.717) is 0 Å². The monoisotopic (exact) mass is 242 g/mol. The summed E-state index contributed by atoms with van der Waals surface area (Å²) in [4.78, 5) is 0. The number of rotatable bonds is 0. The molecular formula is C10H8BrCl. The SMILES string of the molecule is Clc1cc(Br)c2c(c1)C=CCC2. The molecule has 0 saturated carbocycles. The standard InChI is InChI=1S/C10H8BrCl/c11-10-6-8(12)5-7-3-1-2-4-9(7)10/h1,3,5-6H,2,4H2. The first kappa shape index (κ1) is 8.33. The molecule has 0 aromatic heterocycles. The Hall–Kier alpha value is -0.270.